The standard InChI is InChI=1S/C10H22N2O/c1-5-10(9(3)13)12(6-2)8-7-11-4/h10-11H,5-8H2,1-4H3. The minimum absolute atomic E-state index is 0.110. The van der Waals surface area contributed by atoms with E-state index in [0.29, 0.717) is 0 Å². The van der Waals surface area contributed by atoms with Crippen molar-refractivity contribution in [1.29, 1.82) is 0 Å². The fourth-order valence-corrected chi connectivity index (χ4v) is 1.59. The van der Waals surface area contributed by atoms with Crippen LogP contribution in [-0.2, 0) is 4.79 Å². The molecule has 0 saturated carbocycles. The average Bonchev–Trinajstić information content (AvgIpc) is 2.11. The molecule has 0 fully saturated rings. The van der Waals surface area contributed by atoms with Crippen molar-refractivity contribution in [2.75, 3.05) is 26.7 Å². The number of likely N-dealkylation sites (N-methyl/N-ethyl adjacent to an activating group) is 2. The van der Waals surface area contributed by atoms with Gasteiger partial charge in [0, 0.05) is 13.1 Å². The third kappa shape index (κ3) is 4.39. The van der Waals surface area contributed by atoms with Crippen LogP contribution in [0.25, 0.3) is 0 Å². The van der Waals surface area contributed by atoms with Crippen molar-refractivity contribution in [2.24, 2.45) is 0 Å². The minimum Gasteiger partial charge on any atom is -0.318 e. The van der Waals surface area contributed by atoms with Crippen molar-refractivity contribution in [3.05, 3.63) is 0 Å². The lowest BCUT2D eigenvalue weighted by atomic mass is 10.1. The van der Waals surface area contributed by atoms with E-state index >= 15 is 0 Å². The molecule has 0 aliphatic carbocycles. The van der Waals surface area contributed by atoms with E-state index in [-0.39, 0.29) is 11.8 Å². The van der Waals surface area contributed by atoms with Crippen LogP contribution in [0.1, 0.15) is 27.2 Å². The number of rotatable bonds is 7. The molecule has 3 heteroatoms. The zero-order chi connectivity index (χ0) is 10.3. The summed E-state index contributed by atoms with van der Waals surface area (Å²) in [5, 5.41) is 3.10. The molecule has 1 atom stereocenters. The van der Waals surface area contributed by atoms with Gasteiger partial charge in [-0.15, -0.1) is 0 Å². The highest BCUT2D eigenvalue weighted by Gasteiger charge is 2.18. The first-order valence-electron chi connectivity index (χ1n) is 5.06. The summed E-state index contributed by atoms with van der Waals surface area (Å²) in [5.74, 6) is 0.278. The molecule has 0 aliphatic rings. The molecule has 13 heavy (non-hydrogen) atoms. The second-order valence-electron chi connectivity index (χ2n) is 3.27. The number of hydrogen-bond donors (Lipinski definition) is 1. The first-order valence-corrected chi connectivity index (χ1v) is 5.06. The summed E-state index contributed by atoms with van der Waals surface area (Å²) >= 11 is 0. The van der Waals surface area contributed by atoms with Gasteiger partial charge in [0.05, 0.1) is 6.04 Å². The third-order valence-corrected chi connectivity index (χ3v) is 2.35. The van der Waals surface area contributed by atoms with E-state index in [9.17, 15) is 4.79 Å². The molecule has 0 aromatic rings. The summed E-state index contributed by atoms with van der Waals surface area (Å²) in [6.07, 6.45) is 0.910. The van der Waals surface area contributed by atoms with Gasteiger partial charge in [0.15, 0.2) is 0 Å². The Morgan fingerprint density at radius 2 is 2.08 bits per heavy atom. The lowest BCUT2D eigenvalue weighted by Crippen LogP contribution is -2.42. The number of nitrogens with zero attached hydrogens (tertiary/aromatic N) is 1. The summed E-state index contributed by atoms with van der Waals surface area (Å²) < 4.78 is 0. The van der Waals surface area contributed by atoms with Crippen molar-refractivity contribution in [3.63, 3.8) is 0 Å². The van der Waals surface area contributed by atoms with Crippen molar-refractivity contribution in [3.8, 4) is 0 Å². The Morgan fingerprint density at radius 3 is 2.38 bits per heavy atom. The van der Waals surface area contributed by atoms with Gasteiger partial charge in [-0.05, 0) is 26.9 Å². The second-order valence-corrected chi connectivity index (χ2v) is 3.27. The molecule has 0 aliphatic heterocycles. The monoisotopic (exact) mass is 186 g/mol. The van der Waals surface area contributed by atoms with E-state index in [0.717, 1.165) is 26.1 Å². The van der Waals surface area contributed by atoms with Crippen LogP contribution >= 0.6 is 0 Å². The molecule has 78 valence electrons. The third-order valence-electron chi connectivity index (χ3n) is 2.35. The molecule has 0 radical (unpaired) electrons. The topological polar surface area (TPSA) is 32.3 Å². The number of carbonyl (C=O) groups excluding carboxylic acids is 1. The highest BCUT2D eigenvalue weighted by atomic mass is 16.1. The molecule has 1 unspecified atom stereocenters. The molecular weight excluding hydrogens is 164 g/mol. The van der Waals surface area contributed by atoms with Gasteiger partial charge in [-0.25, -0.2) is 0 Å². The average molecular weight is 186 g/mol. The lowest BCUT2D eigenvalue weighted by molar-refractivity contribution is -0.122. The first kappa shape index (κ1) is 12.6. The van der Waals surface area contributed by atoms with Crippen LogP contribution in [0.3, 0.4) is 0 Å². The van der Waals surface area contributed by atoms with E-state index in [1.54, 1.807) is 6.92 Å². The normalized spacial score (nSPS) is 13.3. The zero-order valence-corrected chi connectivity index (χ0v) is 9.26. The van der Waals surface area contributed by atoms with E-state index < -0.39 is 0 Å². The molecule has 3 nitrogen and oxygen atoms in total. The van der Waals surface area contributed by atoms with Crippen LogP contribution in [0.15, 0.2) is 0 Å². The Morgan fingerprint density at radius 1 is 1.46 bits per heavy atom. The van der Waals surface area contributed by atoms with E-state index in [1.165, 1.54) is 0 Å². The Bertz CT molecular complexity index is 148. The van der Waals surface area contributed by atoms with Crippen LogP contribution in [0.5, 0.6) is 0 Å². The summed E-state index contributed by atoms with van der Waals surface area (Å²) in [6, 6.07) is 0.110. The van der Waals surface area contributed by atoms with E-state index in [2.05, 4.69) is 24.1 Å². The molecule has 0 aromatic heterocycles. The van der Waals surface area contributed by atoms with Crippen LogP contribution in [0.4, 0.5) is 0 Å². The van der Waals surface area contributed by atoms with Crippen molar-refractivity contribution >= 4 is 5.78 Å². The Kier molecular flexibility index (Phi) is 6.82. The summed E-state index contributed by atoms with van der Waals surface area (Å²) in [6.45, 7) is 8.67. The Balaban J connectivity index is 4.08. The predicted molar refractivity (Wildman–Crippen MR) is 55.9 cm³/mol. The largest absolute Gasteiger partial charge is 0.318 e. The lowest BCUT2D eigenvalue weighted by Gasteiger charge is -2.27. The number of nitrogens with one attached hydrogen (secondary N) is 1. The van der Waals surface area contributed by atoms with E-state index in [1.807, 2.05) is 7.05 Å². The highest BCUT2D eigenvalue weighted by molar-refractivity contribution is 5.81. The van der Waals surface area contributed by atoms with Gasteiger partial charge in [0.2, 0.25) is 0 Å². The van der Waals surface area contributed by atoms with Crippen molar-refractivity contribution < 1.29 is 4.79 Å². The fraction of sp³-hybridized carbons (Fsp3) is 0.900. The molecule has 0 amide bonds. The van der Waals surface area contributed by atoms with Crippen LogP contribution in [-0.4, -0.2) is 43.4 Å². The number of ketones is 1. The number of hydrogen-bond acceptors (Lipinski definition) is 3. The maximum absolute atomic E-state index is 11.3. The summed E-state index contributed by atoms with van der Waals surface area (Å²) in [4.78, 5) is 13.5. The SMILES string of the molecule is CCC(C(C)=O)N(CC)CCNC. The first-order chi connectivity index (χ1) is 6.17. The van der Waals surface area contributed by atoms with Crippen LogP contribution in [0.2, 0.25) is 0 Å². The van der Waals surface area contributed by atoms with Crippen molar-refractivity contribution in [1.82, 2.24) is 10.2 Å². The molecular formula is C10H22N2O. The van der Waals surface area contributed by atoms with Gasteiger partial charge in [0.25, 0.3) is 0 Å². The van der Waals surface area contributed by atoms with E-state index in [4.69, 9.17) is 0 Å². The van der Waals surface area contributed by atoms with Gasteiger partial charge in [-0.1, -0.05) is 13.8 Å². The molecule has 0 spiro atoms. The fourth-order valence-electron chi connectivity index (χ4n) is 1.59. The molecule has 0 aromatic carbocycles. The van der Waals surface area contributed by atoms with Gasteiger partial charge in [-0.3, -0.25) is 9.69 Å². The minimum atomic E-state index is 0.110. The Labute approximate surface area is 81.5 Å². The van der Waals surface area contributed by atoms with Crippen LogP contribution < -0.4 is 5.32 Å². The Hall–Kier alpha value is -0.410. The highest BCUT2D eigenvalue weighted by Crippen LogP contribution is 2.04. The van der Waals surface area contributed by atoms with Crippen LogP contribution in [0, 0.1) is 0 Å². The van der Waals surface area contributed by atoms with Gasteiger partial charge >= 0.3 is 0 Å². The molecule has 1 N–H and O–H groups in total. The summed E-state index contributed by atoms with van der Waals surface area (Å²) in [5.41, 5.74) is 0. The quantitative estimate of drug-likeness (QED) is 0.641. The smallest absolute Gasteiger partial charge is 0.146 e. The molecule has 0 bridgehead atoms. The van der Waals surface area contributed by atoms with Gasteiger partial charge < -0.3 is 5.32 Å². The van der Waals surface area contributed by atoms with Gasteiger partial charge in [0.1, 0.15) is 5.78 Å². The molecule has 0 heterocycles. The maximum atomic E-state index is 11.3. The summed E-state index contributed by atoms with van der Waals surface area (Å²) in [7, 11) is 1.93. The predicted octanol–water partition coefficient (Wildman–Crippen LogP) is 0.895. The maximum Gasteiger partial charge on any atom is 0.146 e. The van der Waals surface area contributed by atoms with Gasteiger partial charge in [-0.2, -0.15) is 0 Å². The second kappa shape index (κ2) is 7.04. The molecule has 0 saturated heterocycles. The van der Waals surface area contributed by atoms with Crippen molar-refractivity contribution in [2.45, 2.75) is 33.2 Å². The number of carbonyl (C=O) groups is 1. The zero-order valence-electron chi connectivity index (χ0n) is 9.26. The molecule has 0 rings (SSSR count). The number of Topliss-reactive ketones (excluding diaryl/α,β-unsaturated/α-hetero) is 1.